The predicted octanol–water partition coefficient (Wildman–Crippen LogP) is 6.12. The number of benzene rings is 3. The lowest BCUT2D eigenvalue weighted by atomic mass is 9.97. The molecule has 0 unspecified atom stereocenters. The van der Waals surface area contributed by atoms with Crippen molar-refractivity contribution >= 4 is 50.9 Å². The van der Waals surface area contributed by atoms with E-state index in [1.165, 1.54) is 29.2 Å². The highest BCUT2D eigenvalue weighted by Gasteiger charge is 2.31. The highest BCUT2D eigenvalue weighted by Crippen LogP contribution is 2.36. The minimum absolute atomic E-state index is 0.221. The van der Waals surface area contributed by atoms with Crippen LogP contribution in [0.4, 0.5) is 0 Å². The van der Waals surface area contributed by atoms with Crippen LogP contribution in [0.5, 0.6) is 17.2 Å². The summed E-state index contributed by atoms with van der Waals surface area (Å²) < 4.78 is 25.2. The van der Waals surface area contributed by atoms with Crippen LogP contribution >= 0.6 is 38.9 Å². The van der Waals surface area contributed by atoms with Gasteiger partial charge >= 0.3 is 5.97 Å². The lowest BCUT2D eigenvalue weighted by Crippen LogP contribution is -2.39. The van der Waals surface area contributed by atoms with Crippen molar-refractivity contribution in [3.63, 3.8) is 0 Å². The van der Waals surface area contributed by atoms with Gasteiger partial charge in [0, 0.05) is 6.20 Å². The summed E-state index contributed by atoms with van der Waals surface area (Å²) in [4.78, 5) is 31.7. The van der Waals surface area contributed by atoms with Crippen molar-refractivity contribution in [2.24, 2.45) is 4.99 Å². The number of fused-ring (bicyclic) bond motifs is 1. The number of rotatable bonds is 10. The summed E-state index contributed by atoms with van der Waals surface area (Å²) in [5.74, 6) is 1.01. The Kier molecular flexibility index (Phi) is 9.93. The minimum Gasteiger partial charge on any atom is -0.490 e. The molecule has 1 aromatic heterocycles. The summed E-state index contributed by atoms with van der Waals surface area (Å²) in [6.45, 7) is 7.02. The molecular formula is C33H30BrClN2O6S. The molecule has 44 heavy (non-hydrogen) atoms. The van der Waals surface area contributed by atoms with Crippen LogP contribution in [0.25, 0.3) is 6.08 Å². The van der Waals surface area contributed by atoms with Gasteiger partial charge in [0.05, 0.1) is 46.0 Å². The number of esters is 1. The number of aryl methyl sites for hydroxylation is 1. The molecule has 2 heterocycles. The lowest BCUT2D eigenvalue weighted by Gasteiger charge is -2.23. The highest BCUT2D eigenvalue weighted by atomic mass is 79.9. The molecule has 0 radical (unpaired) electrons. The summed E-state index contributed by atoms with van der Waals surface area (Å²) in [5.41, 5.74) is 3.42. The molecule has 4 aromatic rings. The first-order valence-corrected chi connectivity index (χ1v) is 15.9. The maximum atomic E-state index is 13.9. The zero-order valence-electron chi connectivity index (χ0n) is 24.6. The molecule has 0 saturated heterocycles. The first-order chi connectivity index (χ1) is 21.2. The Hall–Kier alpha value is -3.86. The average Bonchev–Trinajstić information content (AvgIpc) is 3.31. The van der Waals surface area contributed by atoms with Gasteiger partial charge in [-0.1, -0.05) is 58.8 Å². The molecule has 0 aliphatic carbocycles. The number of ether oxygens (including phenoxy) is 4. The molecule has 11 heteroatoms. The Morgan fingerprint density at radius 3 is 2.55 bits per heavy atom. The third-order valence-corrected chi connectivity index (χ3v) is 8.66. The van der Waals surface area contributed by atoms with Crippen molar-refractivity contribution < 1.29 is 23.7 Å². The molecule has 0 amide bonds. The summed E-state index contributed by atoms with van der Waals surface area (Å²) >= 11 is 11.4. The van der Waals surface area contributed by atoms with Crippen molar-refractivity contribution in [2.45, 2.75) is 33.4 Å². The number of aromatic nitrogens is 1. The van der Waals surface area contributed by atoms with Gasteiger partial charge in [0.25, 0.3) is 5.56 Å². The normalized spacial score (nSPS) is 14.4. The van der Waals surface area contributed by atoms with Gasteiger partial charge in [0.15, 0.2) is 22.0 Å². The fourth-order valence-electron chi connectivity index (χ4n) is 4.90. The van der Waals surface area contributed by atoms with E-state index < -0.39 is 12.0 Å². The first kappa shape index (κ1) is 31.6. The van der Waals surface area contributed by atoms with Crippen LogP contribution in [0, 0.1) is 6.92 Å². The second-order valence-corrected chi connectivity index (χ2v) is 12.1. The molecule has 0 spiro atoms. The van der Waals surface area contributed by atoms with Crippen LogP contribution in [0.3, 0.4) is 0 Å². The van der Waals surface area contributed by atoms with Crippen molar-refractivity contribution in [1.82, 2.24) is 4.57 Å². The Morgan fingerprint density at radius 1 is 1.07 bits per heavy atom. The van der Waals surface area contributed by atoms with E-state index in [4.69, 9.17) is 30.5 Å². The number of hydrogen-bond acceptors (Lipinski definition) is 8. The lowest BCUT2D eigenvalue weighted by molar-refractivity contribution is -0.136. The zero-order valence-corrected chi connectivity index (χ0v) is 27.7. The van der Waals surface area contributed by atoms with Crippen molar-refractivity contribution in [3.8, 4) is 17.2 Å². The van der Waals surface area contributed by atoms with Crippen LogP contribution in [0.2, 0.25) is 5.02 Å². The van der Waals surface area contributed by atoms with E-state index in [1.54, 1.807) is 24.3 Å². The Labute approximate surface area is 272 Å². The quantitative estimate of drug-likeness (QED) is 0.186. The Bertz CT molecular complexity index is 1910. The number of halogens is 2. The van der Waals surface area contributed by atoms with E-state index in [0.717, 1.165) is 11.1 Å². The zero-order chi connectivity index (χ0) is 31.4. The van der Waals surface area contributed by atoms with Crippen LogP contribution in [0.1, 0.15) is 42.1 Å². The minimum atomic E-state index is -0.788. The Morgan fingerprint density at radius 2 is 1.84 bits per heavy atom. The molecule has 5 rings (SSSR count). The fraction of sp³-hybridized carbons (Fsp3) is 0.242. The van der Waals surface area contributed by atoms with E-state index in [-0.39, 0.29) is 11.1 Å². The van der Waals surface area contributed by atoms with Crippen LogP contribution in [-0.4, -0.2) is 30.9 Å². The number of hydrogen-bond donors (Lipinski definition) is 0. The van der Waals surface area contributed by atoms with Gasteiger partial charge in [-0.25, -0.2) is 9.79 Å². The van der Waals surface area contributed by atoms with Crippen molar-refractivity contribution in [3.05, 3.63) is 118 Å². The van der Waals surface area contributed by atoms with Gasteiger partial charge in [-0.2, -0.15) is 0 Å². The maximum Gasteiger partial charge on any atom is 0.337 e. The van der Waals surface area contributed by atoms with E-state index in [9.17, 15) is 9.59 Å². The van der Waals surface area contributed by atoms with E-state index in [2.05, 4.69) is 27.0 Å². The summed E-state index contributed by atoms with van der Waals surface area (Å²) in [6, 6.07) is 16.2. The molecule has 1 aliphatic rings. The SMILES string of the molecule is CCOc1ccc([C@@H]2C(C(=O)OC)=CN=c3s/c(=C\c4cc(Cl)c(OCc5cccc(C)c5)c(Br)c4)c(=O)n32)cc1OCC. The fourth-order valence-corrected chi connectivity index (χ4v) is 6.86. The van der Waals surface area contributed by atoms with Crippen molar-refractivity contribution in [1.29, 1.82) is 0 Å². The molecule has 1 atom stereocenters. The van der Waals surface area contributed by atoms with Crippen LogP contribution in [-0.2, 0) is 16.1 Å². The van der Waals surface area contributed by atoms with Gasteiger partial charge < -0.3 is 18.9 Å². The van der Waals surface area contributed by atoms with E-state index >= 15 is 0 Å². The number of carbonyl (C=O) groups is 1. The first-order valence-electron chi connectivity index (χ1n) is 13.9. The van der Waals surface area contributed by atoms with Gasteiger partial charge in [-0.05, 0) is 83.7 Å². The van der Waals surface area contributed by atoms with Gasteiger partial charge in [-0.15, -0.1) is 0 Å². The number of carbonyl (C=O) groups excluding carboxylic acids is 1. The van der Waals surface area contributed by atoms with E-state index in [1.807, 2.05) is 51.1 Å². The maximum absolute atomic E-state index is 13.9. The third kappa shape index (κ3) is 6.62. The molecule has 0 N–H and O–H groups in total. The second kappa shape index (κ2) is 13.8. The molecule has 0 bridgehead atoms. The monoisotopic (exact) mass is 696 g/mol. The number of methoxy groups -OCH3 is 1. The summed E-state index contributed by atoms with van der Waals surface area (Å²) in [5, 5.41) is 0.398. The van der Waals surface area contributed by atoms with Gasteiger partial charge in [0.1, 0.15) is 6.61 Å². The molecular weight excluding hydrogens is 668 g/mol. The molecule has 228 valence electrons. The highest BCUT2D eigenvalue weighted by molar-refractivity contribution is 9.10. The third-order valence-electron chi connectivity index (χ3n) is 6.79. The molecule has 8 nitrogen and oxygen atoms in total. The Balaban J connectivity index is 1.54. The van der Waals surface area contributed by atoms with E-state index in [0.29, 0.717) is 67.0 Å². The summed E-state index contributed by atoms with van der Waals surface area (Å²) in [6.07, 6.45) is 3.20. The second-order valence-electron chi connectivity index (χ2n) is 9.84. The van der Waals surface area contributed by atoms with Crippen LogP contribution < -0.4 is 29.1 Å². The van der Waals surface area contributed by atoms with Gasteiger partial charge in [-0.3, -0.25) is 9.36 Å². The molecule has 0 fully saturated rings. The van der Waals surface area contributed by atoms with Crippen LogP contribution in [0.15, 0.2) is 80.6 Å². The number of thiazole rings is 1. The smallest absolute Gasteiger partial charge is 0.337 e. The topological polar surface area (TPSA) is 88.4 Å². The average molecular weight is 698 g/mol. The molecule has 0 saturated carbocycles. The largest absolute Gasteiger partial charge is 0.490 e. The predicted molar refractivity (Wildman–Crippen MR) is 175 cm³/mol. The molecule has 3 aromatic carbocycles. The summed E-state index contributed by atoms with van der Waals surface area (Å²) in [7, 11) is 1.30. The van der Waals surface area contributed by atoms with Gasteiger partial charge in [0.2, 0.25) is 0 Å². The number of nitrogens with zero attached hydrogens (tertiary/aromatic N) is 2. The van der Waals surface area contributed by atoms with Crippen molar-refractivity contribution in [2.75, 3.05) is 20.3 Å². The molecule has 1 aliphatic heterocycles. The standard InChI is InChI=1S/C33H30BrClN2O6S/c1-5-41-26-11-10-22(16-27(26)42-6-2)29-23(32(39)40-4)17-36-33-37(29)31(38)28(44-33)15-21-13-24(34)30(25(35)14-21)43-18-20-9-7-8-19(3)12-20/h7-17,29H,5-6,18H2,1-4H3/b28-15-/t29-/m1/s1.